The molecule has 104 valence electrons. The van der Waals surface area contributed by atoms with Gasteiger partial charge in [-0.1, -0.05) is 39.5 Å². The smallest absolute Gasteiger partial charge is 0.333 e. The number of rotatable bonds is 4. The molecule has 0 amide bonds. The van der Waals surface area contributed by atoms with Crippen molar-refractivity contribution in [1.82, 2.24) is 0 Å². The molecule has 1 aromatic carbocycles. The zero-order valence-electron chi connectivity index (χ0n) is 12.3. The summed E-state index contributed by atoms with van der Waals surface area (Å²) in [4.78, 5) is 13.0. The first kappa shape index (κ1) is 15.8. The third-order valence-corrected chi connectivity index (χ3v) is 3.48. The molecule has 0 spiro atoms. The van der Waals surface area contributed by atoms with Crippen LogP contribution in [0.1, 0.15) is 39.4 Å². The van der Waals surface area contributed by atoms with Crippen molar-refractivity contribution < 1.29 is 9.53 Å². The van der Waals surface area contributed by atoms with Crippen molar-refractivity contribution in [3.05, 3.63) is 42.0 Å². The molecule has 0 saturated heterocycles. The Hall–Kier alpha value is -1.22. The predicted molar refractivity (Wildman–Crippen MR) is 81.3 cm³/mol. The topological polar surface area (TPSA) is 26.3 Å². The van der Waals surface area contributed by atoms with E-state index in [1.807, 2.05) is 18.4 Å². The van der Waals surface area contributed by atoms with Crippen LogP contribution < -0.4 is 0 Å². The molecule has 0 aromatic heterocycles. The summed E-state index contributed by atoms with van der Waals surface area (Å²) >= 11 is 1.68. The van der Waals surface area contributed by atoms with Gasteiger partial charge in [-0.3, -0.25) is 0 Å². The van der Waals surface area contributed by atoms with Crippen molar-refractivity contribution in [2.45, 2.75) is 38.7 Å². The van der Waals surface area contributed by atoms with Crippen LogP contribution in [0.2, 0.25) is 0 Å². The van der Waals surface area contributed by atoms with Gasteiger partial charge in [-0.25, -0.2) is 4.79 Å². The number of esters is 1. The summed E-state index contributed by atoms with van der Waals surface area (Å²) in [5, 5.41) is 0. The van der Waals surface area contributed by atoms with Crippen LogP contribution in [0, 0.1) is 5.41 Å². The summed E-state index contributed by atoms with van der Waals surface area (Å²) in [5.41, 5.74) is 1.28. The quantitative estimate of drug-likeness (QED) is 0.457. The van der Waals surface area contributed by atoms with E-state index in [2.05, 4.69) is 39.5 Å². The molecule has 0 aliphatic heterocycles. The Bertz CT molecular complexity index is 472. The summed E-state index contributed by atoms with van der Waals surface area (Å²) in [6.45, 7) is 11.5. The maximum Gasteiger partial charge on any atom is 0.333 e. The predicted octanol–water partition coefficient (Wildman–Crippen LogP) is 4.62. The molecule has 0 fully saturated rings. The van der Waals surface area contributed by atoms with Crippen LogP contribution >= 0.6 is 11.8 Å². The van der Waals surface area contributed by atoms with Crippen LogP contribution in [0.25, 0.3) is 0 Å². The number of hydrogen-bond donors (Lipinski definition) is 0. The lowest BCUT2D eigenvalue weighted by atomic mass is 9.84. The number of hydrogen-bond acceptors (Lipinski definition) is 3. The zero-order chi connectivity index (χ0) is 14.6. The summed E-state index contributed by atoms with van der Waals surface area (Å²) in [5.74, 6) is -0.338. The van der Waals surface area contributed by atoms with E-state index in [4.69, 9.17) is 4.74 Å². The van der Waals surface area contributed by atoms with Gasteiger partial charge in [-0.05, 0) is 30.9 Å². The van der Waals surface area contributed by atoms with E-state index in [9.17, 15) is 4.79 Å². The average molecular weight is 278 g/mol. The zero-order valence-corrected chi connectivity index (χ0v) is 13.1. The lowest BCUT2D eigenvalue weighted by Gasteiger charge is -2.31. The van der Waals surface area contributed by atoms with E-state index >= 15 is 0 Å². The molecule has 0 aliphatic rings. The lowest BCUT2D eigenvalue weighted by Crippen LogP contribution is -2.24. The third kappa shape index (κ3) is 4.43. The van der Waals surface area contributed by atoms with Gasteiger partial charge in [0, 0.05) is 15.9 Å². The van der Waals surface area contributed by atoms with Crippen molar-refractivity contribution in [3.8, 4) is 0 Å². The minimum atomic E-state index is -0.338. The van der Waals surface area contributed by atoms with Crippen molar-refractivity contribution in [2.24, 2.45) is 5.41 Å². The molecule has 1 aromatic rings. The fraction of sp³-hybridized carbons (Fsp3) is 0.438. The minimum Gasteiger partial charge on any atom is -0.454 e. The monoisotopic (exact) mass is 278 g/mol. The highest BCUT2D eigenvalue weighted by Gasteiger charge is 2.30. The Labute approximate surface area is 120 Å². The highest BCUT2D eigenvalue weighted by Crippen LogP contribution is 2.37. The van der Waals surface area contributed by atoms with Crippen LogP contribution in [-0.4, -0.2) is 12.2 Å². The molecule has 1 unspecified atom stereocenters. The largest absolute Gasteiger partial charge is 0.454 e. The SMILES string of the molecule is C=C(C)C(=O)OC(c1cccc(SC)c1)C(C)(C)C. The van der Waals surface area contributed by atoms with Gasteiger partial charge in [0.1, 0.15) is 6.10 Å². The van der Waals surface area contributed by atoms with E-state index < -0.39 is 0 Å². The second-order valence-electron chi connectivity index (χ2n) is 5.71. The maximum absolute atomic E-state index is 11.8. The van der Waals surface area contributed by atoms with E-state index in [0.717, 1.165) is 10.5 Å². The van der Waals surface area contributed by atoms with Crippen molar-refractivity contribution in [3.63, 3.8) is 0 Å². The van der Waals surface area contributed by atoms with E-state index in [0.29, 0.717) is 5.57 Å². The Morgan fingerprint density at radius 1 is 1.37 bits per heavy atom. The first-order chi connectivity index (χ1) is 8.75. The number of ether oxygens (including phenoxy) is 1. The number of benzene rings is 1. The molecule has 3 heteroatoms. The molecule has 0 heterocycles. The molecule has 1 rings (SSSR count). The van der Waals surface area contributed by atoms with Gasteiger partial charge in [-0.2, -0.15) is 0 Å². The van der Waals surface area contributed by atoms with Crippen LogP contribution in [0.5, 0.6) is 0 Å². The normalized spacial score (nSPS) is 12.9. The van der Waals surface area contributed by atoms with Gasteiger partial charge in [-0.15, -0.1) is 11.8 Å². The highest BCUT2D eigenvalue weighted by molar-refractivity contribution is 7.98. The first-order valence-corrected chi connectivity index (χ1v) is 7.48. The molecule has 0 saturated carbocycles. The van der Waals surface area contributed by atoms with Crippen LogP contribution in [0.3, 0.4) is 0 Å². The fourth-order valence-corrected chi connectivity index (χ4v) is 2.23. The second-order valence-corrected chi connectivity index (χ2v) is 6.59. The molecule has 2 nitrogen and oxygen atoms in total. The Balaban J connectivity index is 3.10. The maximum atomic E-state index is 11.8. The standard InChI is InChI=1S/C16H22O2S/c1-11(2)15(17)18-14(16(3,4)5)12-8-7-9-13(10-12)19-6/h7-10,14H,1H2,2-6H3. The highest BCUT2D eigenvalue weighted by atomic mass is 32.2. The fourth-order valence-electron chi connectivity index (χ4n) is 1.76. The molecular formula is C16H22O2S. The summed E-state index contributed by atoms with van der Waals surface area (Å²) in [7, 11) is 0. The minimum absolute atomic E-state index is 0.165. The first-order valence-electron chi connectivity index (χ1n) is 6.26. The molecular weight excluding hydrogens is 256 g/mol. The van der Waals surface area contributed by atoms with Crippen molar-refractivity contribution in [1.29, 1.82) is 0 Å². The van der Waals surface area contributed by atoms with Gasteiger partial charge in [0.05, 0.1) is 0 Å². The molecule has 19 heavy (non-hydrogen) atoms. The van der Waals surface area contributed by atoms with Gasteiger partial charge in [0.25, 0.3) is 0 Å². The lowest BCUT2D eigenvalue weighted by molar-refractivity contribution is -0.150. The number of carbonyl (C=O) groups excluding carboxylic acids is 1. The van der Waals surface area contributed by atoms with Gasteiger partial charge >= 0.3 is 5.97 Å². The van der Waals surface area contributed by atoms with Crippen LogP contribution in [0.15, 0.2) is 41.3 Å². The van der Waals surface area contributed by atoms with E-state index in [-0.39, 0.29) is 17.5 Å². The second kappa shape index (κ2) is 6.29. The Morgan fingerprint density at radius 3 is 2.47 bits per heavy atom. The van der Waals surface area contributed by atoms with Crippen molar-refractivity contribution in [2.75, 3.05) is 6.26 Å². The van der Waals surface area contributed by atoms with Crippen LogP contribution in [0.4, 0.5) is 0 Å². The molecule has 0 bridgehead atoms. The van der Waals surface area contributed by atoms with Crippen molar-refractivity contribution >= 4 is 17.7 Å². The summed E-state index contributed by atoms with van der Waals surface area (Å²) in [6.07, 6.45) is 1.76. The van der Waals surface area contributed by atoms with Gasteiger partial charge in [0.15, 0.2) is 0 Å². The third-order valence-electron chi connectivity index (χ3n) is 2.76. The Kier molecular flexibility index (Phi) is 5.24. The number of thioether (sulfide) groups is 1. The van der Waals surface area contributed by atoms with Gasteiger partial charge in [0.2, 0.25) is 0 Å². The summed E-state index contributed by atoms with van der Waals surface area (Å²) in [6, 6.07) is 8.12. The van der Waals surface area contributed by atoms with E-state index in [1.165, 1.54) is 0 Å². The molecule has 0 aliphatic carbocycles. The Morgan fingerprint density at radius 2 is 2.00 bits per heavy atom. The van der Waals surface area contributed by atoms with Crippen LogP contribution in [-0.2, 0) is 9.53 Å². The molecule has 0 N–H and O–H groups in total. The molecule has 1 atom stereocenters. The summed E-state index contributed by atoms with van der Waals surface area (Å²) < 4.78 is 5.61. The number of carbonyl (C=O) groups is 1. The van der Waals surface area contributed by atoms with Gasteiger partial charge < -0.3 is 4.74 Å². The molecule has 0 radical (unpaired) electrons. The van der Waals surface area contributed by atoms with E-state index in [1.54, 1.807) is 18.7 Å². The average Bonchev–Trinajstić information content (AvgIpc) is 2.34.